The highest BCUT2D eigenvalue weighted by Gasteiger charge is 2.15. The average Bonchev–Trinajstić information content (AvgIpc) is 0.722. The summed E-state index contributed by atoms with van der Waals surface area (Å²) >= 11 is 5.27. The normalized spacial score (nSPS) is 12.0. The van der Waals surface area contributed by atoms with Crippen molar-refractivity contribution >= 4 is 28.6 Å². The molecule has 1 radical (unpaired) electrons. The van der Waals surface area contributed by atoms with Gasteiger partial charge in [-0.3, -0.25) is 0 Å². The Morgan fingerprint density at radius 3 is 1.60 bits per heavy atom. The van der Waals surface area contributed by atoms with Crippen LogP contribution in [0.4, 0.5) is 8.78 Å². The quantitative estimate of drug-likeness (QED) is 0.478. The number of rotatable bonds is 0. The van der Waals surface area contributed by atoms with Gasteiger partial charge in [0, 0.05) is 15.9 Å². The van der Waals surface area contributed by atoms with E-state index < -0.39 is 4.16 Å². The van der Waals surface area contributed by atoms with E-state index in [0.717, 1.165) is 0 Å². The van der Waals surface area contributed by atoms with Crippen LogP contribution in [0.3, 0.4) is 0 Å². The fourth-order valence-corrected chi connectivity index (χ4v) is 0. The summed E-state index contributed by atoms with van der Waals surface area (Å²) < 4.78 is 18.4. The molecule has 0 heterocycles. The van der Waals surface area contributed by atoms with Crippen LogP contribution in [0.2, 0.25) is 0 Å². The van der Waals surface area contributed by atoms with Crippen molar-refractivity contribution in [3.63, 3.8) is 0 Å². The largest absolute Gasteiger partial charge is 0.358 e. The molecule has 0 saturated heterocycles. The van der Waals surface area contributed by atoms with E-state index in [1.807, 2.05) is 15.9 Å². The minimum absolute atomic E-state index is 1.86. The maximum atomic E-state index is 10.8. The van der Waals surface area contributed by atoms with Crippen LogP contribution in [0.25, 0.3) is 0 Å². The molecule has 31 valence electrons. The summed E-state index contributed by atoms with van der Waals surface area (Å²) in [5.74, 6) is 0. The first-order chi connectivity index (χ1) is 2.00. The Kier molecular flexibility index (Phi) is 1.62. The minimum Gasteiger partial charge on any atom is -0.181 e. The number of alkyl halides is 3. The molecule has 0 aromatic rings. The summed E-state index contributed by atoms with van der Waals surface area (Å²) in [5, 5.41) is 0. The van der Waals surface area contributed by atoms with Gasteiger partial charge < -0.3 is 0 Å². The van der Waals surface area contributed by atoms with Crippen molar-refractivity contribution in [3.05, 3.63) is 0 Å². The van der Waals surface area contributed by atoms with Gasteiger partial charge in [-0.2, -0.15) is 8.78 Å². The molecule has 0 saturated carbocycles. The van der Waals surface area contributed by atoms with Gasteiger partial charge in [0.25, 0.3) is 0 Å². The van der Waals surface area contributed by atoms with Gasteiger partial charge in [-0.05, 0) is 12.6 Å². The number of hydrogen-bond donors (Lipinski definition) is 0. The SMILES string of the molecule is FC(F)([S])Br. The first-order valence-corrected chi connectivity index (χ1v) is 1.97. The van der Waals surface area contributed by atoms with Crippen molar-refractivity contribution in [1.29, 1.82) is 0 Å². The smallest absolute Gasteiger partial charge is 0.181 e. The van der Waals surface area contributed by atoms with Crippen LogP contribution in [0.15, 0.2) is 0 Å². The van der Waals surface area contributed by atoms with E-state index in [1.54, 1.807) is 0 Å². The van der Waals surface area contributed by atoms with Crippen LogP contribution in [0.5, 0.6) is 0 Å². The van der Waals surface area contributed by atoms with Crippen molar-refractivity contribution < 1.29 is 8.78 Å². The van der Waals surface area contributed by atoms with E-state index in [-0.39, 0.29) is 0 Å². The molecule has 4 heteroatoms. The van der Waals surface area contributed by atoms with E-state index in [4.69, 9.17) is 0 Å². The topological polar surface area (TPSA) is 0 Å². The Labute approximate surface area is 42.1 Å². The molecule has 0 amide bonds. The van der Waals surface area contributed by atoms with Gasteiger partial charge in [-0.1, -0.05) is 0 Å². The second-order valence-electron chi connectivity index (χ2n) is 0.446. The zero-order chi connectivity index (χ0) is 4.50. The predicted molar refractivity (Wildman–Crippen MR) is 21.5 cm³/mol. The van der Waals surface area contributed by atoms with E-state index in [9.17, 15) is 8.78 Å². The fraction of sp³-hybridized carbons (Fsp3) is 1.00. The number of halogens is 3. The molecule has 0 aromatic heterocycles. The molecular weight excluding hydrogens is 162 g/mol. The van der Waals surface area contributed by atoms with Crippen molar-refractivity contribution in [3.8, 4) is 0 Å². The van der Waals surface area contributed by atoms with Gasteiger partial charge in [-0.15, -0.1) is 0 Å². The Morgan fingerprint density at radius 1 is 1.60 bits per heavy atom. The summed E-state index contributed by atoms with van der Waals surface area (Å²) in [7, 11) is 0. The van der Waals surface area contributed by atoms with Crippen LogP contribution in [0, 0.1) is 0 Å². The first-order valence-electron chi connectivity index (χ1n) is 0.771. The summed E-state index contributed by atoms with van der Waals surface area (Å²) in [6, 6.07) is 0. The molecule has 5 heavy (non-hydrogen) atoms. The van der Waals surface area contributed by atoms with Crippen LogP contribution in [-0.2, 0) is 0 Å². The monoisotopic (exact) mass is 161 g/mol. The zero-order valence-corrected chi connectivity index (χ0v) is 4.44. The van der Waals surface area contributed by atoms with Gasteiger partial charge in [0.05, 0.1) is 0 Å². The van der Waals surface area contributed by atoms with E-state index in [2.05, 4.69) is 12.6 Å². The van der Waals surface area contributed by atoms with Crippen LogP contribution in [-0.4, -0.2) is 4.16 Å². The van der Waals surface area contributed by atoms with E-state index in [1.165, 1.54) is 0 Å². The van der Waals surface area contributed by atoms with Crippen molar-refractivity contribution in [2.24, 2.45) is 0 Å². The summed E-state index contributed by atoms with van der Waals surface area (Å²) in [5.41, 5.74) is 0. The highest BCUT2D eigenvalue weighted by atomic mass is 79.9. The van der Waals surface area contributed by atoms with Crippen molar-refractivity contribution in [2.45, 2.75) is 4.16 Å². The molecule has 0 aromatic carbocycles. The maximum absolute atomic E-state index is 10.8. The first kappa shape index (κ1) is 5.69. The fourth-order valence-electron chi connectivity index (χ4n) is 0. The lowest BCUT2D eigenvalue weighted by molar-refractivity contribution is 0.223. The molecule has 0 bridgehead atoms. The Bertz CT molecular complexity index is 25.1. The summed E-state index contributed by atoms with van der Waals surface area (Å²) in [4.78, 5) is 0. The van der Waals surface area contributed by atoms with Gasteiger partial charge in [0.15, 0.2) is 0 Å². The molecule has 0 aliphatic heterocycles. The summed E-state index contributed by atoms with van der Waals surface area (Å²) in [6.07, 6.45) is 0. The molecule has 0 atom stereocenters. The molecule has 0 N–H and O–H groups in total. The molecule has 0 aliphatic carbocycles. The maximum Gasteiger partial charge on any atom is 0.358 e. The highest BCUT2D eigenvalue weighted by molar-refractivity contribution is 9.11. The standard InChI is InChI=1S/CBrF2S/c2-1(3,4)5. The Morgan fingerprint density at radius 2 is 1.60 bits per heavy atom. The second kappa shape index (κ2) is 1.43. The lowest BCUT2D eigenvalue weighted by Gasteiger charge is -1.88. The third-order valence-electron chi connectivity index (χ3n) is 0. The average molecular weight is 162 g/mol. The zero-order valence-electron chi connectivity index (χ0n) is 2.04. The van der Waals surface area contributed by atoms with E-state index >= 15 is 0 Å². The molecule has 0 unspecified atom stereocenters. The van der Waals surface area contributed by atoms with Gasteiger partial charge >= 0.3 is 4.16 Å². The Hall–Kier alpha value is 0.690. The predicted octanol–water partition coefficient (Wildman–Crippen LogP) is 2.13. The molecule has 0 nitrogen and oxygen atoms in total. The van der Waals surface area contributed by atoms with Gasteiger partial charge in [0.1, 0.15) is 0 Å². The Balaban J connectivity index is 3.02. The van der Waals surface area contributed by atoms with Crippen molar-refractivity contribution in [1.82, 2.24) is 0 Å². The second-order valence-corrected chi connectivity index (χ2v) is 2.48. The highest BCUT2D eigenvalue weighted by Crippen LogP contribution is 2.24. The minimum atomic E-state index is -3.10. The molecule has 0 aliphatic rings. The molecular formula is CBrF2S. The van der Waals surface area contributed by atoms with E-state index in [0.29, 0.717) is 0 Å². The molecule has 0 fully saturated rings. The van der Waals surface area contributed by atoms with Gasteiger partial charge in [-0.25, -0.2) is 0 Å². The lowest BCUT2D eigenvalue weighted by atomic mass is 11.7. The van der Waals surface area contributed by atoms with Crippen molar-refractivity contribution in [2.75, 3.05) is 0 Å². The molecule has 0 rings (SSSR count). The van der Waals surface area contributed by atoms with Crippen LogP contribution < -0.4 is 0 Å². The van der Waals surface area contributed by atoms with Crippen LogP contribution >= 0.6 is 28.6 Å². The summed E-state index contributed by atoms with van der Waals surface area (Å²) in [6.45, 7) is 0. The van der Waals surface area contributed by atoms with Crippen LogP contribution in [0.1, 0.15) is 0 Å². The third-order valence-corrected chi connectivity index (χ3v) is 0. The lowest BCUT2D eigenvalue weighted by Crippen LogP contribution is -1.85. The third kappa shape index (κ3) is 71.3. The molecule has 0 spiro atoms. The van der Waals surface area contributed by atoms with Gasteiger partial charge in [0.2, 0.25) is 0 Å². The number of hydrogen-bond acceptors (Lipinski definition) is 0.